The average Bonchev–Trinajstić information content (AvgIpc) is 2.77. The van der Waals surface area contributed by atoms with E-state index >= 15 is 0 Å². The van der Waals surface area contributed by atoms with Gasteiger partial charge in [-0.05, 0) is 30.9 Å². The van der Waals surface area contributed by atoms with E-state index in [1.807, 2.05) is 6.92 Å². The molecule has 6 nitrogen and oxygen atoms in total. The molecule has 0 radical (unpaired) electrons. The Kier molecular flexibility index (Phi) is 3.69. The van der Waals surface area contributed by atoms with Crippen LogP contribution in [0.3, 0.4) is 0 Å². The SMILES string of the molecule is Cc1ccn(C)c(=O)c1NS(=O)(=O)N1CCC(C)C1. The predicted octanol–water partition coefficient (Wildman–Crippen LogP) is 0.692. The lowest BCUT2D eigenvalue weighted by molar-refractivity contribution is 0.469. The van der Waals surface area contributed by atoms with Crippen molar-refractivity contribution in [1.82, 2.24) is 8.87 Å². The van der Waals surface area contributed by atoms with Gasteiger partial charge in [-0.25, -0.2) is 0 Å². The molecule has 2 heterocycles. The molecule has 1 saturated heterocycles. The van der Waals surface area contributed by atoms with Crippen LogP contribution in [0, 0.1) is 12.8 Å². The molecule has 0 spiro atoms. The molecule has 19 heavy (non-hydrogen) atoms. The van der Waals surface area contributed by atoms with Crippen molar-refractivity contribution in [2.75, 3.05) is 17.8 Å². The van der Waals surface area contributed by atoms with Gasteiger partial charge < -0.3 is 4.57 Å². The predicted molar refractivity (Wildman–Crippen MR) is 74.3 cm³/mol. The molecule has 1 atom stereocenters. The summed E-state index contributed by atoms with van der Waals surface area (Å²) in [6.07, 6.45) is 2.47. The van der Waals surface area contributed by atoms with E-state index in [0.717, 1.165) is 6.42 Å². The van der Waals surface area contributed by atoms with Crippen LogP contribution < -0.4 is 10.3 Å². The molecule has 2 rings (SSSR count). The van der Waals surface area contributed by atoms with Crippen LogP contribution in [0.15, 0.2) is 17.1 Å². The van der Waals surface area contributed by atoms with E-state index in [1.165, 1.54) is 8.87 Å². The average molecular weight is 285 g/mol. The Morgan fingerprint density at radius 3 is 2.68 bits per heavy atom. The molecule has 106 valence electrons. The van der Waals surface area contributed by atoms with Gasteiger partial charge in [0.25, 0.3) is 5.56 Å². The van der Waals surface area contributed by atoms with Crippen LogP contribution in [0.1, 0.15) is 18.9 Å². The number of aryl methyl sites for hydroxylation is 2. The number of hydrogen-bond acceptors (Lipinski definition) is 3. The van der Waals surface area contributed by atoms with Gasteiger partial charge in [-0.15, -0.1) is 0 Å². The maximum absolute atomic E-state index is 12.2. The van der Waals surface area contributed by atoms with Crippen LogP contribution in [-0.4, -0.2) is 30.4 Å². The third kappa shape index (κ3) is 2.82. The topological polar surface area (TPSA) is 71.4 Å². The van der Waals surface area contributed by atoms with E-state index in [2.05, 4.69) is 4.72 Å². The Morgan fingerprint density at radius 2 is 2.11 bits per heavy atom. The molecule has 0 amide bonds. The summed E-state index contributed by atoms with van der Waals surface area (Å²) in [5.41, 5.74) is 0.416. The van der Waals surface area contributed by atoms with Crippen molar-refractivity contribution in [2.24, 2.45) is 13.0 Å². The molecule has 0 aromatic carbocycles. The summed E-state index contributed by atoms with van der Waals surface area (Å²) in [6, 6.07) is 1.71. The zero-order chi connectivity index (χ0) is 14.2. The molecule has 0 saturated carbocycles. The molecule has 1 N–H and O–H groups in total. The van der Waals surface area contributed by atoms with Crippen LogP contribution in [0.5, 0.6) is 0 Å². The van der Waals surface area contributed by atoms with E-state index in [-0.39, 0.29) is 11.2 Å². The Labute approximate surface area is 113 Å². The third-order valence-corrected chi connectivity index (χ3v) is 4.91. The second-order valence-corrected chi connectivity index (χ2v) is 6.82. The first-order chi connectivity index (χ1) is 8.81. The Balaban J connectivity index is 2.31. The number of rotatable bonds is 3. The minimum absolute atomic E-state index is 0.129. The van der Waals surface area contributed by atoms with Crippen molar-refractivity contribution < 1.29 is 8.42 Å². The summed E-state index contributed by atoms with van der Waals surface area (Å²) in [5.74, 6) is 0.358. The minimum atomic E-state index is -3.64. The fourth-order valence-electron chi connectivity index (χ4n) is 2.15. The Hall–Kier alpha value is -1.34. The highest BCUT2D eigenvalue weighted by Gasteiger charge is 2.30. The summed E-state index contributed by atoms with van der Waals surface area (Å²) < 4.78 is 29.6. The number of aromatic nitrogens is 1. The van der Waals surface area contributed by atoms with Crippen LogP contribution >= 0.6 is 0 Å². The smallest absolute Gasteiger partial charge is 0.301 e. The Bertz CT molecular complexity index is 636. The van der Waals surface area contributed by atoms with Crippen molar-refractivity contribution in [3.05, 3.63) is 28.2 Å². The van der Waals surface area contributed by atoms with Crippen LogP contribution in [0.4, 0.5) is 5.69 Å². The van der Waals surface area contributed by atoms with Crippen molar-refractivity contribution >= 4 is 15.9 Å². The summed E-state index contributed by atoms with van der Waals surface area (Å²) in [6.45, 7) is 4.73. The minimum Gasteiger partial charge on any atom is -0.317 e. The van der Waals surface area contributed by atoms with Gasteiger partial charge in [0.05, 0.1) is 0 Å². The van der Waals surface area contributed by atoms with Crippen molar-refractivity contribution in [1.29, 1.82) is 0 Å². The molecule has 1 fully saturated rings. The monoisotopic (exact) mass is 285 g/mol. The van der Waals surface area contributed by atoms with E-state index in [9.17, 15) is 13.2 Å². The van der Waals surface area contributed by atoms with E-state index in [4.69, 9.17) is 0 Å². The molecular formula is C12H19N3O3S. The highest BCUT2D eigenvalue weighted by Crippen LogP contribution is 2.20. The fraction of sp³-hybridized carbons (Fsp3) is 0.583. The first-order valence-corrected chi connectivity index (χ1v) is 7.69. The standard InChI is InChI=1S/C12H19N3O3S/c1-9-4-7-15(8-9)19(17,18)13-11-10(2)5-6-14(3)12(11)16/h5-6,9,13H,4,7-8H2,1-3H3. The van der Waals surface area contributed by atoms with Gasteiger partial charge in [-0.2, -0.15) is 12.7 Å². The Morgan fingerprint density at radius 1 is 1.42 bits per heavy atom. The van der Waals surface area contributed by atoms with Crippen molar-refractivity contribution in [3.8, 4) is 0 Å². The maximum atomic E-state index is 12.2. The lowest BCUT2D eigenvalue weighted by Gasteiger charge is -2.18. The molecule has 7 heteroatoms. The number of nitrogens with zero attached hydrogens (tertiary/aromatic N) is 2. The van der Waals surface area contributed by atoms with Crippen LogP contribution in [0.25, 0.3) is 0 Å². The molecule has 1 aliphatic heterocycles. The third-order valence-electron chi connectivity index (χ3n) is 3.43. The first kappa shape index (κ1) is 14.1. The van der Waals surface area contributed by atoms with Gasteiger partial charge in [0.1, 0.15) is 5.69 Å². The van der Waals surface area contributed by atoms with Crippen molar-refractivity contribution in [2.45, 2.75) is 20.3 Å². The summed E-state index contributed by atoms with van der Waals surface area (Å²) >= 11 is 0. The van der Waals surface area contributed by atoms with E-state index in [0.29, 0.717) is 24.6 Å². The van der Waals surface area contributed by atoms with Gasteiger partial charge in [0.15, 0.2) is 0 Å². The highest BCUT2D eigenvalue weighted by atomic mass is 32.2. The zero-order valence-electron chi connectivity index (χ0n) is 11.4. The molecule has 1 aromatic rings. The van der Waals surface area contributed by atoms with Gasteiger partial charge in [-0.3, -0.25) is 9.52 Å². The normalized spacial score (nSPS) is 20.7. The van der Waals surface area contributed by atoms with Gasteiger partial charge in [0.2, 0.25) is 0 Å². The second kappa shape index (κ2) is 4.97. The fourth-order valence-corrected chi connectivity index (χ4v) is 3.58. The number of hydrogen-bond donors (Lipinski definition) is 1. The number of pyridine rings is 1. The second-order valence-electron chi connectivity index (χ2n) is 5.15. The molecule has 0 aliphatic carbocycles. The summed E-state index contributed by atoms with van der Waals surface area (Å²) in [7, 11) is -2.04. The maximum Gasteiger partial charge on any atom is 0.301 e. The zero-order valence-corrected chi connectivity index (χ0v) is 12.2. The quantitative estimate of drug-likeness (QED) is 0.888. The first-order valence-electron chi connectivity index (χ1n) is 6.25. The highest BCUT2D eigenvalue weighted by molar-refractivity contribution is 7.90. The van der Waals surface area contributed by atoms with E-state index in [1.54, 1.807) is 26.2 Å². The largest absolute Gasteiger partial charge is 0.317 e. The molecule has 0 bridgehead atoms. The number of anilines is 1. The van der Waals surface area contributed by atoms with Crippen molar-refractivity contribution in [3.63, 3.8) is 0 Å². The molecular weight excluding hydrogens is 266 g/mol. The lowest BCUT2D eigenvalue weighted by Crippen LogP contribution is -2.36. The summed E-state index contributed by atoms with van der Waals surface area (Å²) in [5, 5.41) is 0. The van der Waals surface area contributed by atoms with Gasteiger partial charge in [-0.1, -0.05) is 6.92 Å². The number of nitrogens with one attached hydrogen (secondary N) is 1. The van der Waals surface area contributed by atoms with Crippen LogP contribution in [-0.2, 0) is 17.3 Å². The lowest BCUT2D eigenvalue weighted by atomic mass is 10.2. The van der Waals surface area contributed by atoms with Crippen LogP contribution in [0.2, 0.25) is 0 Å². The molecule has 1 aliphatic rings. The molecule has 1 unspecified atom stereocenters. The van der Waals surface area contributed by atoms with Gasteiger partial charge in [0, 0.05) is 26.3 Å². The molecule has 1 aromatic heterocycles. The summed E-state index contributed by atoms with van der Waals surface area (Å²) in [4.78, 5) is 12.0. The van der Waals surface area contributed by atoms with Gasteiger partial charge >= 0.3 is 10.2 Å². The van der Waals surface area contributed by atoms with E-state index < -0.39 is 10.2 Å².